The molecule has 1 aliphatic rings. The molecule has 26 heavy (non-hydrogen) atoms. The first-order valence-electron chi connectivity index (χ1n) is 8.34. The van der Waals surface area contributed by atoms with E-state index in [9.17, 15) is 9.59 Å². The topological polar surface area (TPSA) is 78.4 Å². The van der Waals surface area contributed by atoms with Gasteiger partial charge in [0.1, 0.15) is 17.3 Å². The first kappa shape index (κ1) is 18.1. The van der Waals surface area contributed by atoms with Crippen molar-refractivity contribution in [3.63, 3.8) is 0 Å². The van der Waals surface area contributed by atoms with Crippen LogP contribution in [0.25, 0.3) is 0 Å². The maximum atomic E-state index is 12.6. The first-order chi connectivity index (χ1) is 12.5. The lowest BCUT2D eigenvalue weighted by Gasteiger charge is -2.33. The highest BCUT2D eigenvalue weighted by atomic mass is 35.5. The number of nitrogens with zero attached hydrogens (tertiary/aromatic N) is 4. The van der Waals surface area contributed by atoms with Gasteiger partial charge in [-0.1, -0.05) is 17.7 Å². The number of amides is 2. The Hall–Kier alpha value is -2.67. The summed E-state index contributed by atoms with van der Waals surface area (Å²) in [7, 11) is 0. The van der Waals surface area contributed by atoms with Crippen LogP contribution in [0.3, 0.4) is 0 Å². The van der Waals surface area contributed by atoms with E-state index in [-0.39, 0.29) is 5.91 Å². The van der Waals surface area contributed by atoms with Gasteiger partial charge in [-0.2, -0.15) is 0 Å². The Morgan fingerprint density at radius 2 is 1.88 bits per heavy atom. The van der Waals surface area contributed by atoms with E-state index in [4.69, 9.17) is 11.6 Å². The smallest absolute Gasteiger partial charge is 0.274 e. The highest BCUT2D eigenvalue weighted by Gasteiger charge is 2.19. The lowest BCUT2D eigenvalue weighted by atomic mass is 10.2. The number of carbonyl (C=O) groups excluding carboxylic acids is 2. The van der Waals surface area contributed by atoms with Crippen molar-refractivity contribution in [3.05, 3.63) is 46.4 Å². The van der Waals surface area contributed by atoms with E-state index in [2.05, 4.69) is 20.2 Å². The van der Waals surface area contributed by atoms with Crippen molar-refractivity contribution in [1.29, 1.82) is 0 Å². The highest BCUT2D eigenvalue weighted by molar-refractivity contribution is 6.31. The van der Waals surface area contributed by atoms with Gasteiger partial charge in [-0.3, -0.25) is 9.59 Å². The number of benzene rings is 1. The van der Waals surface area contributed by atoms with Gasteiger partial charge < -0.3 is 15.1 Å². The van der Waals surface area contributed by atoms with Crippen LogP contribution in [0.4, 0.5) is 11.5 Å². The first-order valence-corrected chi connectivity index (χ1v) is 8.71. The molecule has 1 aromatic heterocycles. The van der Waals surface area contributed by atoms with Gasteiger partial charge in [-0.15, -0.1) is 0 Å². The molecule has 8 heteroatoms. The van der Waals surface area contributed by atoms with E-state index in [1.807, 2.05) is 13.0 Å². The van der Waals surface area contributed by atoms with Crippen LogP contribution in [0, 0.1) is 13.8 Å². The summed E-state index contributed by atoms with van der Waals surface area (Å²) in [6.45, 7) is 6.26. The maximum absolute atomic E-state index is 12.6. The highest BCUT2D eigenvalue weighted by Crippen LogP contribution is 2.21. The fourth-order valence-electron chi connectivity index (χ4n) is 2.80. The fraction of sp³-hybridized carbons (Fsp3) is 0.333. The molecular formula is C18H20ClN5O2. The normalized spacial score (nSPS) is 14.3. The molecule has 2 aromatic rings. The van der Waals surface area contributed by atoms with Crippen molar-refractivity contribution >= 4 is 35.4 Å². The standard InChI is InChI=1S/C18H20ClN5O2/c1-12-3-4-14(19)9-15(12)22-18(26)16-10-17(21-13(2)20-16)24-7-5-23(11-25)6-8-24/h3-4,9-11H,5-8H2,1-2H3,(H,22,26). The summed E-state index contributed by atoms with van der Waals surface area (Å²) in [6.07, 6.45) is 0.856. The zero-order chi connectivity index (χ0) is 18.7. The van der Waals surface area contributed by atoms with Gasteiger partial charge in [0.05, 0.1) is 0 Å². The van der Waals surface area contributed by atoms with E-state index in [0.29, 0.717) is 54.2 Å². The van der Waals surface area contributed by atoms with E-state index in [0.717, 1.165) is 12.0 Å². The van der Waals surface area contributed by atoms with Gasteiger partial charge in [0.15, 0.2) is 0 Å². The number of hydrogen-bond donors (Lipinski definition) is 1. The van der Waals surface area contributed by atoms with Crippen LogP contribution in [0.5, 0.6) is 0 Å². The zero-order valence-corrected chi connectivity index (χ0v) is 15.5. The Kier molecular flexibility index (Phi) is 5.37. The maximum Gasteiger partial charge on any atom is 0.274 e. The number of halogens is 1. The SMILES string of the molecule is Cc1nc(C(=O)Nc2cc(Cl)ccc2C)cc(N2CCN(C=O)CC2)n1. The Bertz CT molecular complexity index is 834. The quantitative estimate of drug-likeness (QED) is 0.832. The largest absolute Gasteiger partial charge is 0.353 e. The molecule has 1 N–H and O–H groups in total. The number of piperazine rings is 1. The van der Waals surface area contributed by atoms with Gasteiger partial charge >= 0.3 is 0 Å². The van der Waals surface area contributed by atoms with Crippen LogP contribution in [-0.4, -0.2) is 53.4 Å². The summed E-state index contributed by atoms with van der Waals surface area (Å²) < 4.78 is 0. The van der Waals surface area contributed by atoms with Crippen molar-refractivity contribution in [2.75, 3.05) is 36.4 Å². The molecule has 0 bridgehead atoms. The van der Waals surface area contributed by atoms with E-state index in [1.165, 1.54) is 0 Å². The summed E-state index contributed by atoms with van der Waals surface area (Å²) >= 11 is 6.01. The minimum atomic E-state index is -0.311. The van der Waals surface area contributed by atoms with Crippen molar-refractivity contribution in [2.45, 2.75) is 13.8 Å². The molecule has 1 saturated heterocycles. The molecule has 1 aromatic carbocycles. The number of carbonyl (C=O) groups is 2. The minimum Gasteiger partial charge on any atom is -0.353 e. The number of rotatable bonds is 4. The third kappa shape index (κ3) is 4.11. The van der Waals surface area contributed by atoms with Crippen LogP contribution >= 0.6 is 11.6 Å². The summed E-state index contributed by atoms with van der Waals surface area (Å²) in [5.74, 6) is 0.901. The van der Waals surface area contributed by atoms with Crippen LogP contribution in [-0.2, 0) is 4.79 Å². The number of aryl methyl sites for hydroxylation is 2. The lowest BCUT2D eigenvalue weighted by molar-refractivity contribution is -0.118. The average molecular weight is 374 g/mol. The average Bonchev–Trinajstić information content (AvgIpc) is 2.64. The van der Waals surface area contributed by atoms with Crippen LogP contribution < -0.4 is 10.2 Å². The molecule has 7 nitrogen and oxygen atoms in total. The third-order valence-corrected chi connectivity index (χ3v) is 4.53. The Labute approximate surface area is 157 Å². The predicted molar refractivity (Wildman–Crippen MR) is 101 cm³/mol. The fourth-order valence-corrected chi connectivity index (χ4v) is 2.97. The van der Waals surface area contributed by atoms with Crippen LogP contribution in [0.1, 0.15) is 21.9 Å². The van der Waals surface area contributed by atoms with E-state index < -0.39 is 0 Å². The molecule has 3 rings (SSSR count). The van der Waals surface area contributed by atoms with Gasteiger partial charge in [-0.25, -0.2) is 9.97 Å². The molecule has 2 heterocycles. The summed E-state index contributed by atoms with van der Waals surface area (Å²) in [5.41, 5.74) is 1.86. The third-order valence-electron chi connectivity index (χ3n) is 4.29. The Balaban J connectivity index is 1.80. The zero-order valence-electron chi connectivity index (χ0n) is 14.7. The molecule has 1 aliphatic heterocycles. The van der Waals surface area contributed by atoms with Crippen molar-refractivity contribution in [2.24, 2.45) is 0 Å². The summed E-state index contributed by atoms with van der Waals surface area (Å²) in [6, 6.07) is 7.01. The molecule has 0 saturated carbocycles. The predicted octanol–water partition coefficient (Wildman–Crippen LogP) is 2.28. The van der Waals surface area contributed by atoms with E-state index >= 15 is 0 Å². The van der Waals surface area contributed by atoms with Gasteiger partial charge in [0, 0.05) is 43.0 Å². The molecule has 0 atom stereocenters. The number of hydrogen-bond acceptors (Lipinski definition) is 5. The van der Waals surface area contributed by atoms with Gasteiger partial charge in [0.2, 0.25) is 6.41 Å². The molecule has 0 aliphatic carbocycles. The lowest BCUT2D eigenvalue weighted by Crippen LogP contribution is -2.46. The molecule has 0 radical (unpaired) electrons. The molecule has 1 fully saturated rings. The second-order valence-electron chi connectivity index (χ2n) is 6.20. The van der Waals surface area contributed by atoms with Gasteiger partial charge in [-0.05, 0) is 31.5 Å². The molecule has 0 unspecified atom stereocenters. The van der Waals surface area contributed by atoms with Crippen LogP contribution in [0.2, 0.25) is 5.02 Å². The molecular weight excluding hydrogens is 354 g/mol. The molecule has 136 valence electrons. The minimum absolute atomic E-state index is 0.296. The summed E-state index contributed by atoms with van der Waals surface area (Å²) in [4.78, 5) is 36.0. The summed E-state index contributed by atoms with van der Waals surface area (Å²) in [5, 5.41) is 3.41. The van der Waals surface area contributed by atoms with Crippen molar-refractivity contribution in [3.8, 4) is 0 Å². The van der Waals surface area contributed by atoms with E-state index in [1.54, 1.807) is 30.0 Å². The molecule has 0 spiro atoms. The van der Waals surface area contributed by atoms with Gasteiger partial charge in [0.25, 0.3) is 5.91 Å². The second-order valence-corrected chi connectivity index (χ2v) is 6.64. The Morgan fingerprint density at radius 3 is 2.58 bits per heavy atom. The second kappa shape index (κ2) is 7.70. The monoisotopic (exact) mass is 373 g/mol. The molecule has 2 amide bonds. The van der Waals surface area contributed by atoms with Crippen molar-refractivity contribution in [1.82, 2.24) is 14.9 Å². The number of aromatic nitrogens is 2. The Morgan fingerprint density at radius 1 is 1.15 bits per heavy atom. The number of anilines is 2. The van der Waals surface area contributed by atoms with Crippen molar-refractivity contribution < 1.29 is 9.59 Å². The number of nitrogens with one attached hydrogen (secondary N) is 1. The van der Waals surface area contributed by atoms with Crippen LogP contribution in [0.15, 0.2) is 24.3 Å².